The van der Waals surface area contributed by atoms with Gasteiger partial charge in [0.2, 0.25) is 0 Å². The molecule has 0 spiro atoms. The zero-order chi connectivity index (χ0) is 15.3. The Morgan fingerprint density at radius 3 is 2.43 bits per heavy atom. The zero-order valence-corrected chi connectivity index (χ0v) is 12.7. The number of hydrogen-bond donors (Lipinski definition) is 1. The standard InChI is InChI=1S/C17H25F2NO/c1-2-21-17(9-5-3-4-6-10-17)16(20)11-13-7-8-14(18)12-15(13)19/h7-8,12,16H,2-6,9-11,20H2,1H3. The summed E-state index contributed by atoms with van der Waals surface area (Å²) in [4.78, 5) is 0. The number of halogens is 2. The third-order valence-corrected chi connectivity index (χ3v) is 4.51. The molecule has 1 aliphatic carbocycles. The van der Waals surface area contributed by atoms with Crippen LogP contribution in [0.5, 0.6) is 0 Å². The average Bonchev–Trinajstić information content (AvgIpc) is 2.69. The molecule has 0 saturated heterocycles. The van der Waals surface area contributed by atoms with Crippen LogP contribution in [0.15, 0.2) is 18.2 Å². The third-order valence-electron chi connectivity index (χ3n) is 4.51. The molecule has 1 saturated carbocycles. The van der Waals surface area contributed by atoms with Crippen molar-refractivity contribution in [3.8, 4) is 0 Å². The van der Waals surface area contributed by atoms with Crippen molar-refractivity contribution in [3.05, 3.63) is 35.4 Å². The lowest BCUT2D eigenvalue weighted by atomic mass is 9.83. The van der Waals surface area contributed by atoms with E-state index in [4.69, 9.17) is 10.5 Å². The first kappa shape index (κ1) is 16.4. The maximum Gasteiger partial charge on any atom is 0.129 e. The van der Waals surface area contributed by atoms with Gasteiger partial charge in [0.25, 0.3) is 0 Å². The smallest absolute Gasteiger partial charge is 0.129 e. The minimum Gasteiger partial charge on any atom is -0.374 e. The van der Waals surface area contributed by atoms with Crippen molar-refractivity contribution >= 4 is 0 Å². The lowest BCUT2D eigenvalue weighted by Gasteiger charge is -2.38. The minimum absolute atomic E-state index is 0.268. The summed E-state index contributed by atoms with van der Waals surface area (Å²) in [5.41, 5.74) is 6.49. The van der Waals surface area contributed by atoms with Gasteiger partial charge in [-0.25, -0.2) is 8.78 Å². The molecule has 2 nitrogen and oxygen atoms in total. The van der Waals surface area contributed by atoms with Crippen molar-refractivity contribution < 1.29 is 13.5 Å². The van der Waals surface area contributed by atoms with E-state index in [1.807, 2.05) is 6.92 Å². The first-order valence-corrected chi connectivity index (χ1v) is 7.91. The monoisotopic (exact) mass is 297 g/mol. The molecule has 21 heavy (non-hydrogen) atoms. The molecule has 0 amide bonds. The average molecular weight is 297 g/mol. The number of hydrogen-bond acceptors (Lipinski definition) is 2. The summed E-state index contributed by atoms with van der Waals surface area (Å²) < 4.78 is 32.9. The topological polar surface area (TPSA) is 35.2 Å². The van der Waals surface area contributed by atoms with E-state index in [2.05, 4.69) is 0 Å². The van der Waals surface area contributed by atoms with E-state index in [0.717, 1.165) is 31.7 Å². The maximum absolute atomic E-state index is 13.8. The number of ether oxygens (including phenoxy) is 1. The van der Waals surface area contributed by atoms with Crippen molar-refractivity contribution in [3.63, 3.8) is 0 Å². The molecule has 1 aromatic rings. The highest BCUT2D eigenvalue weighted by Crippen LogP contribution is 2.34. The van der Waals surface area contributed by atoms with Gasteiger partial charge in [-0.05, 0) is 37.8 Å². The Morgan fingerprint density at radius 1 is 1.19 bits per heavy atom. The van der Waals surface area contributed by atoms with Crippen LogP contribution in [0.25, 0.3) is 0 Å². The molecule has 0 aliphatic heterocycles. The van der Waals surface area contributed by atoms with Gasteiger partial charge in [0.1, 0.15) is 11.6 Å². The molecule has 0 radical (unpaired) electrons. The molecule has 1 atom stereocenters. The molecular formula is C17H25F2NO. The predicted molar refractivity (Wildman–Crippen MR) is 80.1 cm³/mol. The second-order valence-electron chi connectivity index (χ2n) is 5.96. The van der Waals surface area contributed by atoms with Gasteiger partial charge in [-0.15, -0.1) is 0 Å². The zero-order valence-electron chi connectivity index (χ0n) is 12.7. The number of nitrogens with two attached hydrogens (primary N) is 1. The Balaban J connectivity index is 2.15. The summed E-state index contributed by atoms with van der Waals surface area (Å²) in [6.07, 6.45) is 6.82. The quantitative estimate of drug-likeness (QED) is 0.835. The Labute approximate surface area is 125 Å². The van der Waals surface area contributed by atoms with Crippen molar-refractivity contribution in [2.75, 3.05) is 6.61 Å². The summed E-state index contributed by atoms with van der Waals surface area (Å²) in [5.74, 6) is -1.08. The van der Waals surface area contributed by atoms with Crippen molar-refractivity contribution in [1.82, 2.24) is 0 Å². The molecule has 0 aromatic heterocycles. The molecule has 4 heteroatoms. The van der Waals surface area contributed by atoms with E-state index in [-0.39, 0.29) is 11.6 Å². The fourth-order valence-electron chi connectivity index (χ4n) is 3.35. The van der Waals surface area contributed by atoms with Crippen LogP contribution in [0.3, 0.4) is 0 Å². The van der Waals surface area contributed by atoms with E-state index >= 15 is 0 Å². The van der Waals surface area contributed by atoms with Crippen LogP contribution in [0.4, 0.5) is 8.78 Å². The molecule has 0 heterocycles. The highest BCUT2D eigenvalue weighted by atomic mass is 19.1. The molecular weight excluding hydrogens is 272 g/mol. The van der Waals surface area contributed by atoms with Crippen LogP contribution in [-0.4, -0.2) is 18.2 Å². The Morgan fingerprint density at radius 2 is 1.86 bits per heavy atom. The van der Waals surface area contributed by atoms with Crippen molar-refractivity contribution in [1.29, 1.82) is 0 Å². The van der Waals surface area contributed by atoms with Crippen LogP contribution in [0.1, 0.15) is 51.0 Å². The largest absolute Gasteiger partial charge is 0.374 e. The number of benzene rings is 1. The van der Waals surface area contributed by atoms with Gasteiger partial charge >= 0.3 is 0 Å². The first-order valence-electron chi connectivity index (χ1n) is 7.91. The first-order chi connectivity index (χ1) is 10.1. The van der Waals surface area contributed by atoms with E-state index < -0.39 is 11.6 Å². The normalized spacial score (nSPS) is 20.0. The fourth-order valence-corrected chi connectivity index (χ4v) is 3.35. The van der Waals surface area contributed by atoms with Gasteiger partial charge in [-0.1, -0.05) is 31.7 Å². The van der Waals surface area contributed by atoms with Crippen molar-refractivity contribution in [2.24, 2.45) is 5.73 Å². The molecule has 2 rings (SSSR count). The Kier molecular flexibility index (Phi) is 5.71. The molecule has 1 fully saturated rings. The van der Waals surface area contributed by atoms with Gasteiger partial charge in [-0.2, -0.15) is 0 Å². The lowest BCUT2D eigenvalue weighted by molar-refractivity contribution is -0.0684. The molecule has 2 N–H and O–H groups in total. The van der Waals surface area contributed by atoms with Gasteiger partial charge in [0.15, 0.2) is 0 Å². The van der Waals surface area contributed by atoms with Gasteiger partial charge < -0.3 is 10.5 Å². The summed E-state index contributed by atoms with van der Waals surface area (Å²) in [7, 11) is 0. The molecule has 118 valence electrons. The SMILES string of the molecule is CCOC1(C(N)Cc2ccc(F)cc2F)CCCCCC1. The second-order valence-corrected chi connectivity index (χ2v) is 5.96. The van der Waals surface area contributed by atoms with Crippen LogP contribution in [0, 0.1) is 11.6 Å². The third kappa shape index (κ3) is 4.01. The molecule has 1 aliphatic rings. The molecule has 0 bridgehead atoms. The van der Waals surface area contributed by atoms with Gasteiger partial charge in [0, 0.05) is 18.7 Å². The van der Waals surface area contributed by atoms with E-state index in [0.29, 0.717) is 18.6 Å². The number of rotatable bonds is 5. The van der Waals surface area contributed by atoms with Gasteiger partial charge in [-0.3, -0.25) is 0 Å². The summed E-state index contributed by atoms with van der Waals surface area (Å²) in [5, 5.41) is 0. The van der Waals surface area contributed by atoms with Crippen LogP contribution in [-0.2, 0) is 11.2 Å². The van der Waals surface area contributed by atoms with Crippen LogP contribution < -0.4 is 5.73 Å². The van der Waals surface area contributed by atoms with E-state index in [1.165, 1.54) is 25.0 Å². The minimum atomic E-state index is -0.557. The predicted octanol–water partition coefficient (Wildman–Crippen LogP) is 3.96. The van der Waals surface area contributed by atoms with Crippen LogP contribution >= 0.6 is 0 Å². The maximum atomic E-state index is 13.8. The lowest BCUT2D eigenvalue weighted by Crippen LogP contribution is -2.51. The van der Waals surface area contributed by atoms with Crippen LogP contribution in [0.2, 0.25) is 0 Å². The Bertz CT molecular complexity index is 456. The fraction of sp³-hybridized carbons (Fsp3) is 0.647. The molecule has 1 aromatic carbocycles. The van der Waals surface area contributed by atoms with E-state index in [9.17, 15) is 8.78 Å². The van der Waals surface area contributed by atoms with E-state index in [1.54, 1.807) is 0 Å². The highest BCUT2D eigenvalue weighted by Gasteiger charge is 2.38. The van der Waals surface area contributed by atoms with Crippen molar-refractivity contribution in [2.45, 2.75) is 63.5 Å². The summed E-state index contributed by atoms with van der Waals surface area (Å²) in [6.45, 7) is 2.58. The summed E-state index contributed by atoms with van der Waals surface area (Å²) >= 11 is 0. The Hall–Kier alpha value is -1.00. The highest BCUT2D eigenvalue weighted by molar-refractivity contribution is 5.20. The summed E-state index contributed by atoms with van der Waals surface area (Å²) in [6, 6.07) is 3.42. The van der Waals surface area contributed by atoms with Gasteiger partial charge in [0.05, 0.1) is 5.60 Å². The second kappa shape index (κ2) is 7.32. The molecule has 1 unspecified atom stereocenters.